The molecule has 29 heavy (non-hydrogen) atoms. The average Bonchev–Trinajstić information content (AvgIpc) is 2.69. The number of phenols is 1. The number of rotatable bonds is 6. The maximum atomic E-state index is 13.0. The Labute approximate surface area is 176 Å². The molecule has 1 atom stereocenters. The van der Waals surface area contributed by atoms with E-state index >= 15 is 0 Å². The van der Waals surface area contributed by atoms with Gasteiger partial charge in [-0.05, 0) is 35.9 Å². The van der Waals surface area contributed by atoms with Crippen LogP contribution in [0.2, 0.25) is 10.0 Å². The molecule has 0 aliphatic heterocycles. The van der Waals surface area contributed by atoms with Crippen molar-refractivity contribution >= 4 is 46.5 Å². The summed E-state index contributed by atoms with van der Waals surface area (Å²) in [5, 5.41) is 25.2. The van der Waals surface area contributed by atoms with E-state index in [9.17, 15) is 14.7 Å². The van der Waals surface area contributed by atoms with Crippen LogP contribution in [0.3, 0.4) is 0 Å². The Morgan fingerprint density at radius 2 is 1.55 bits per heavy atom. The van der Waals surface area contributed by atoms with Crippen LogP contribution in [0.25, 0.3) is 0 Å². The van der Waals surface area contributed by atoms with Gasteiger partial charge in [0.2, 0.25) is 0 Å². The van der Waals surface area contributed by atoms with Gasteiger partial charge in [0.05, 0.1) is 15.7 Å². The number of para-hydroxylation sites is 1. The number of benzene rings is 3. The van der Waals surface area contributed by atoms with Crippen LogP contribution in [-0.2, 0) is 4.79 Å². The van der Waals surface area contributed by atoms with Gasteiger partial charge in [-0.1, -0.05) is 59.6 Å². The molecule has 0 saturated carbocycles. The van der Waals surface area contributed by atoms with Crippen LogP contribution >= 0.6 is 23.2 Å². The number of amides is 1. The summed E-state index contributed by atoms with van der Waals surface area (Å²) in [7, 11) is 0. The molecule has 0 fully saturated rings. The SMILES string of the molecule is O=C(O)c1cc(NC(=O)C(Nc2c(Cl)cccc2Cl)c2ccccc2)ccc1O. The third-order valence-corrected chi connectivity index (χ3v) is 4.77. The fraction of sp³-hybridized carbons (Fsp3) is 0.0476. The van der Waals surface area contributed by atoms with Crippen LogP contribution in [0.4, 0.5) is 11.4 Å². The molecule has 0 bridgehead atoms. The van der Waals surface area contributed by atoms with Crippen LogP contribution in [0.1, 0.15) is 22.0 Å². The molecule has 8 heteroatoms. The van der Waals surface area contributed by atoms with E-state index in [1.54, 1.807) is 42.5 Å². The fourth-order valence-corrected chi connectivity index (χ4v) is 3.23. The fourth-order valence-electron chi connectivity index (χ4n) is 2.73. The first kappa shape index (κ1) is 20.5. The predicted octanol–water partition coefficient (Wildman–Crippen LogP) is 5.19. The zero-order valence-electron chi connectivity index (χ0n) is 14.9. The maximum Gasteiger partial charge on any atom is 0.339 e. The monoisotopic (exact) mass is 430 g/mol. The lowest BCUT2D eigenvalue weighted by molar-refractivity contribution is -0.117. The zero-order valence-corrected chi connectivity index (χ0v) is 16.4. The van der Waals surface area contributed by atoms with E-state index in [1.165, 1.54) is 18.2 Å². The van der Waals surface area contributed by atoms with Crippen LogP contribution in [0, 0.1) is 0 Å². The summed E-state index contributed by atoms with van der Waals surface area (Å²) >= 11 is 12.5. The number of aromatic hydroxyl groups is 1. The quantitative estimate of drug-likeness (QED) is 0.403. The Morgan fingerprint density at radius 3 is 2.17 bits per heavy atom. The van der Waals surface area contributed by atoms with Crippen LogP contribution in [0.5, 0.6) is 5.75 Å². The largest absolute Gasteiger partial charge is 0.507 e. The molecule has 0 aliphatic carbocycles. The van der Waals surface area contributed by atoms with E-state index in [1.807, 2.05) is 6.07 Å². The van der Waals surface area contributed by atoms with Gasteiger partial charge in [-0.2, -0.15) is 0 Å². The van der Waals surface area contributed by atoms with Gasteiger partial charge < -0.3 is 20.8 Å². The van der Waals surface area contributed by atoms with E-state index in [0.29, 0.717) is 21.3 Å². The minimum absolute atomic E-state index is 0.221. The number of halogens is 2. The number of carboxylic acid groups (broad SMARTS) is 1. The van der Waals surface area contributed by atoms with Crippen LogP contribution < -0.4 is 10.6 Å². The highest BCUT2D eigenvalue weighted by atomic mass is 35.5. The number of aromatic carboxylic acids is 1. The second-order valence-electron chi connectivity index (χ2n) is 6.11. The van der Waals surface area contributed by atoms with Gasteiger partial charge in [0, 0.05) is 5.69 Å². The standard InChI is InChI=1S/C21H16Cl2N2O4/c22-15-7-4-8-16(23)19(15)25-18(12-5-2-1-3-6-12)20(27)24-13-9-10-17(26)14(11-13)21(28)29/h1-11,18,25-26H,(H,24,27)(H,28,29). The van der Waals surface area contributed by atoms with Crippen molar-refractivity contribution in [2.45, 2.75) is 6.04 Å². The molecule has 6 nitrogen and oxygen atoms in total. The first-order valence-corrected chi connectivity index (χ1v) is 9.25. The minimum Gasteiger partial charge on any atom is -0.507 e. The molecular formula is C21H16Cl2N2O4. The summed E-state index contributed by atoms with van der Waals surface area (Å²) in [4.78, 5) is 24.3. The predicted molar refractivity (Wildman–Crippen MR) is 113 cm³/mol. The number of carboxylic acids is 1. The Bertz CT molecular complexity index is 1040. The van der Waals surface area contributed by atoms with E-state index in [4.69, 9.17) is 28.3 Å². The summed E-state index contributed by atoms with van der Waals surface area (Å²) in [5.41, 5.74) is 0.953. The number of hydrogen-bond acceptors (Lipinski definition) is 4. The summed E-state index contributed by atoms with van der Waals surface area (Å²) in [6.07, 6.45) is 0. The van der Waals surface area contributed by atoms with Crippen molar-refractivity contribution in [3.8, 4) is 5.75 Å². The lowest BCUT2D eigenvalue weighted by atomic mass is 10.1. The summed E-state index contributed by atoms with van der Waals surface area (Å²) < 4.78 is 0. The molecule has 0 spiro atoms. The van der Waals surface area contributed by atoms with Crippen molar-refractivity contribution in [2.24, 2.45) is 0 Å². The molecule has 0 radical (unpaired) electrons. The Hall–Kier alpha value is -3.22. The van der Waals surface area contributed by atoms with Gasteiger partial charge in [0.25, 0.3) is 5.91 Å². The van der Waals surface area contributed by atoms with Crippen molar-refractivity contribution in [3.05, 3.63) is 87.9 Å². The molecule has 3 aromatic carbocycles. The Kier molecular flexibility index (Phi) is 6.26. The topological polar surface area (TPSA) is 98.7 Å². The third kappa shape index (κ3) is 4.80. The number of hydrogen-bond donors (Lipinski definition) is 4. The van der Waals surface area contributed by atoms with Gasteiger partial charge in [-0.15, -0.1) is 0 Å². The molecule has 0 aromatic heterocycles. The first-order chi connectivity index (χ1) is 13.9. The number of carbonyl (C=O) groups is 2. The number of anilines is 2. The molecular weight excluding hydrogens is 415 g/mol. The van der Waals surface area contributed by atoms with Crippen molar-refractivity contribution in [1.29, 1.82) is 0 Å². The maximum absolute atomic E-state index is 13.0. The molecule has 1 unspecified atom stereocenters. The van der Waals surface area contributed by atoms with Gasteiger partial charge >= 0.3 is 5.97 Å². The molecule has 0 saturated heterocycles. The molecule has 0 aliphatic rings. The second kappa shape index (κ2) is 8.86. The molecule has 0 heterocycles. The van der Waals surface area contributed by atoms with E-state index in [2.05, 4.69) is 10.6 Å². The van der Waals surface area contributed by atoms with Crippen molar-refractivity contribution in [3.63, 3.8) is 0 Å². The molecule has 1 amide bonds. The van der Waals surface area contributed by atoms with E-state index < -0.39 is 23.7 Å². The molecule has 4 N–H and O–H groups in total. The third-order valence-electron chi connectivity index (χ3n) is 4.14. The van der Waals surface area contributed by atoms with Gasteiger partial charge in [-0.25, -0.2) is 4.79 Å². The Morgan fingerprint density at radius 1 is 0.897 bits per heavy atom. The smallest absolute Gasteiger partial charge is 0.339 e. The highest BCUT2D eigenvalue weighted by Crippen LogP contribution is 2.33. The number of carbonyl (C=O) groups excluding carboxylic acids is 1. The van der Waals surface area contributed by atoms with Crippen molar-refractivity contribution in [1.82, 2.24) is 0 Å². The second-order valence-corrected chi connectivity index (χ2v) is 6.93. The van der Waals surface area contributed by atoms with E-state index in [0.717, 1.165) is 0 Å². The lowest BCUT2D eigenvalue weighted by Gasteiger charge is -2.21. The zero-order chi connectivity index (χ0) is 21.0. The molecule has 3 rings (SSSR count). The first-order valence-electron chi connectivity index (χ1n) is 8.49. The molecule has 148 valence electrons. The van der Waals surface area contributed by atoms with E-state index in [-0.39, 0.29) is 11.3 Å². The summed E-state index contributed by atoms with van der Waals surface area (Å²) in [5.74, 6) is -2.16. The van der Waals surface area contributed by atoms with Crippen molar-refractivity contribution in [2.75, 3.05) is 10.6 Å². The highest BCUT2D eigenvalue weighted by molar-refractivity contribution is 6.39. The summed E-state index contributed by atoms with van der Waals surface area (Å²) in [6, 6.07) is 16.8. The van der Waals surface area contributed by atoms with Crippen molar-refractivity contribution < 1.29 is 19.8 Å². The van der Waals surface area contributed by atoms with Gasteiger partial charge in [0.1, 0.15) is 17.4 Å². The average molecular weight is 431 g/mol. The normalized spacial score (nSPS) is 11.5. The lowest BCUT2D eigenvalue weighted by Crippen LogP contribution is -2.27. The van der Waals surface area contributed by atoms with Gasteiger partial charge in [-0.3, -0.25) is 4.79 Å². The Balaban J connectivity index is 1.93. The summed E-state index contributed by atoms with van der Waals surface area (Å²) in [6.45, 7) is 0. The number of nitrogens with one attached hydrogen (secondary N) is 2. The van der Waals surface area contributed by atoms with Crippen LogP contribution in [0.15, 0.2) is 66.7 Å². The van der Waals surface area contributed by atoms with Gasteiger partial charge in [0.15, 0.2) is 0 Å². The minimum atomic E-state index is -1.31. The molecule has 3 aromatic rings. The highest BCUT2D eigenvalue weighted by Gasteiger charge is 2.23. The van der Waals surface area contributed by atoms with Crippen LogP contribution in [-0.4, -0.2) is 22.1 Å².